The number of carboxylic acid groups (broad SMARTS) is 1. The fourth-order valence-electron chi connectivity index (χ4n) is 2.49. The van der Waals surface area contributed by atoms with Crippen molar-refractivity contribution in [1.29, 1.82) is 0 Å². The highest BCUT2D eigenvalue weighted by atomic mass is 16.5. The molecule has 0 saturated heterocycles. The molecule has 0 heterocycles. The summed E-state index contributed by atoms with van der Waals surface area (Å²) in [5.41, 5.74) is 0. The van der Waals surface area contributed by atoms with Crippen molar-refractivity contribution in [3.05, 3.63) is 0 Å². The van der Waals surface area contributed by atoms with Crippen molar-refractivity contribution < 1.29 is 38.6 Å². The van der Waals surface area contributed by atoms with E-state index in [1.807, 2.05) is 0 Å². The Bertz CT molecular complexity index is 548. The Morgan fingerprint density at radius 2 is 1.61 bits per heavy atom. The zero-order chi connectivity index (χ0) is 17.6. The predicted molar refractivity (Wildman–Crippen MR) is 74.4 cm³/mol. The molecule has 1 fully saturated rings. The summed E-state index contributed by atoms with van der Waals surface area (Å²) in [6.07, 6.45) is 2.34. The highest BCUT2D eigenvalue weighted by Crippen LogP contribution is 2.27. The van der Waals surface area contributed by atoms with Crippen LogP contribution in [0.1, 0.15) is 38.5 Å². The molecule has 0 spiro atoms. The van der Waals surface area contributed by atoms with Crippen molar-refractivity contribution in [2.24, 2.45) is 11.8 Å². The van der Waals surface area contributed by atoms with Crippen LogP contribution in [-0.4, -0.2) is 47.3 Å². The number of hydrogen-bond acceptors (Lipinski definition) is 7. The lowest BCUT2D eigenvalue weighted by Gasteiger charge is -2.06. The fourth-order valence-corrected chi connectivity index (χ4v) is 2.49. The van der Waals surface area contributed by atoms with Gasteiger partial charge in [-0.05, 0) is 12.8 Å². The van der Waals surface area contributed by atoms with E-state index in [2.05, 4.69) is 4.74 Å². The number of ether oxygens (including phenoxy) is 1. The molecule has 0 aromatic heterocycles. The summed E-state index contributed by atoms with van der Waals surface area (Å²) >= 11 is 0. The van der Waals surface area contributed by atoms with E-state index >= 15 is 0 Å². The second kappa shape index (κ2) is 8.30. The lowest BCUT2D eigenvalue weighted by molar-refractivity contribution is -0.156. The van der Waals surface area contributed by atoms with Gasteiger partial charge in [-0.3, -0.25) is 24.0 Å². The van der Waals surface area contributed by atoms with Gasteiger partial charge in [-0.15, -0.1) is 0 Å². The Morgan fingerprint density at radius 1 is 1.00 bits per heavy atom. The van der Waals surface area contributed by atoms with Gasteiger partial charge in [-0.2, -0.15) is 0 Å². The normalized spacial score (nSPS) is 20.7. The molecular weight excluding hydrogens is 308 g/mol. The maximum atomic E-state index is 12.0. The van der Waals surface area contributed by atoms with Crippen molar-refractivity contribution >= 4 is 35.1 Å². The Hall–Kier alpha value is -2.38. The lowest BCUT2D eigenvalue weighted by Crippen LogP contribution is -2.33. The minimum Gasteiger partial charge on any atom is -0.481 e. The van der Waals surface area contributed by atoms with E-state index in [4.69, 9.17) is 5.11 Å². The molecule has 0 amide bonds. The molecule has 23 heavy (non-hydrogen) atoms. The molecule has 0 radical (unpaired) electrons. The van der Waals surface area contributed by atoms with Gasteiger partial charge in [0.2, 0.25) is 11.6 Å². The maximum absolute atomic E-state index is 12.0. The van der Waals surface area contributed by atoms with E-state index in [0.29, 0.717) is 25.7 Å². The molecule has 8 heteroatoms. The van der Waals surface area contributed by atoms with Crippen LogP contribution in [0.15, 0.2) is 0 Å². The maximum Gasteiger partial charge on any atom is 0.375 e. The number of rotatable bonds is 9. The molecule has 1 aliphatic carbocycles. The molecule has 0 aromatic carbocycles. The first-order valence-electron chi connectivity index (χ1n) is 7.27. The first kappa shape index (κ1) is 18.7. The van der Waals surface area contributed by atoms with E-state index in [0.717, 1.165) is 7.11 Å². The minimum absolute atomic E-state index is 0.0511. The first-order valence-corrected chi connectivity index (χ1v) is 7.27. The number of carbonyl (C=O) groups is 6. The van der Waals surface area contributed by atoms with Gasteiger partial charge in [0.15, 0.2) is 11.7 Å². The van der Waals surface area contributed by atoms with E-state index in [1.165, 1.54) is 0 Å². The standard InChI is InChI=1S/C15H18O8/c1-23-15(22)14(21)10-11(18)8(12(19)13(10)20)6-4-2-3-5-7-9(16)17/h8,10H,2-7H2,1H3,(H,16,17)/t8-,10-/m0/s1. The summed E-state index contributed by atoms with van der Waals surface area (Å²) in [6.45, 7) is 0. The number of aliphatic carboxylic acids is 1. The van der Waals surface area contributed by atoms with Gasteiger partial charge in [0, 0.05) is 6.42 Å². The Kier molecular flexibility index (Phi) is 6.74. The van der Waals surface area contributed by atoms with Crippen LogP contribution in [0.3, 0.4) is 0 Å². The van der Waals surface area contributed by atoms with E-state index in [1.54, 1.807) is 0 Å². The zero-order valence-electron chi connectivity index (χ0n) is 12.7. The summed E-state index contributed by atoms with van der Waals surface area (Å²) in [5.74, 6) is -9.52. The molecule has 126 valence electrons. The molecule has 0 bridgehead atoms. The second-order valence-electron chi connectivity index (χ2n) is 5.32. The minimum atomic E-state index is -1.87. The van der Waals surface area contributed by atoms with Crippen LogP contribution in [0.2, 0.25) is 0 Å². The molecule has 2 atom stereocenters. The predicted octanol–water partition coefficient (Wildman–Crippen LogP) is 0.107. The molecule has 1 aliphatic rings. The van der Waals surface area contributed by atoms with Crippen LogP contribution >= 0.6 is 0 Å². The number of carbonyl (C=O) groups excluding carboxylic acids is 5. The third-order valence-electron chi connectivity index (χ3n) is 3.73. The van der Waals surface area contributed by atoms with E-state index in [9.17, 15) is 28.8 Å². The van der Waals surface area contributed by atoms with Gasteiger partial charge >= 0.3 is 11.9 Å². The lowest BCUT2D eigenvalue weighted by atomic mass is 9.94. The third kappa shape index (κ3) is 4.54. The van der Waals surface area contributed by atoms with Crippen LogP contribution in [0.5, 0.6) is 0 Å². The molecular formula is C15H18O8. The summed E-state index contributed by atoms with van der Waals surface area (Å²) in [7, 11) is 0.945. The molecule has 1 saturated carbocycles. The van der Waals surface area contributed by atoms with Crippen molar-refractivity contribution in [3.8, 4) is 0 Å². The van der Waals surface area contributed by atoms with Gasteiger partial charge in [-0.25, -0.2) is 4.79 Å². The van der Waals surface area contributed by atoms with Crippen LogP contribution in [0.4, 0.5) is 0 Å². The summed E-state index contributed by atoms with van der Waals surface area (Å²) < 4.78 is 4.18. The number of carboxylic acids is 1. The summed E-state index contributed by atoms with van der Waals surface area (Å²) in [6, 6.07) is 0. The average molecular weight is 326 g/mol. The molecule has 8 nitrogen and oxygen atoms in total. The van der Waals surface area contributed by atoms with Gasteiger partial charge < -0.3 is 9.84 Å². The first-order chi connectivity index (χ1) is 10.8. The highest BCUT2D eigenvalue weighted by Gasteiger charge is 2.53. The van der Waals surface area contributed by atoms with Gasteiger partial charge in [0.05, 0.1) is 13.0 Å². The van der Waals surface area contributed by atoms with Crippen molar-refractivity contribution in [2.45, 2.75) is 38.5 Å². The van der Waals surface area contributed by atoms with Gasteiger partial charge in [-0.1, -0.05) is 19.3 Å². The number of ketones is 4. The quantitative estimate of drug-likeness (QED) is 0.273. The largest absolute Gasteiger partial charge is 0.481 e. The van der Waals surface area contributed by atoms with Crippen LogP contribution in [0.25, 0.3) is 0 Å². The monoisotopic (exact) mass is 326 g/mol. The molecule has 0 aromatic rings. The highest BCUT2D eigenvalue weighted by molar-refractivity contribution is 6.60. The molecule has 1 N–H and O–H groups in total. The Morgan fingerprint density at radius 3 is 2.17 bits per heavy atom. The number of hydrogen-bond donors (Lipinski definition) is 1. The third-order valence-corrected chi connectivity index (χ3v) is 3.73. The number of esters is 1. The number of unbranched alkanes of at least 4 members (excludes halogenated alkanes) is 3. The fraction of sp³-hybridized carbons (Fsp3) is 0.600. The Labute approximate surface area is 132 Å². The summed E-state index contributed by atoms with van der Waals surface area (Å²) in [4.78, 5) is 68.7. The number of methoxy groups -OCH3 is 1. The second-order valence-corrected chi connectivity index (χ2v) is 5.32. The van der Waals surface area contributed by atoms with Crippen molar-refractivity contribution in [3.63, 3.8) is 0 Å². The topological polar surface area (TPSA) is 132 Å². The van der Waals surface area contributed by atoms with E-state index < -0.39 is 46.9 Å². The smallest absolute Gasteiger partial charge is 0.375 e. The zero-order valence-corrected chi connectivity index (χ0v) is 12.7. The van der Waals surface area contributed by atoms with Crippen LogP contribution < -0.4 is 0 Å². The van der Waals surface area contributed by atoms with Crippen LogP contribution in [-0.2, 0) is 33.5 Å². The SMILES string of the molecule is COC(=O)C(=O)[C@@H]1C(=O)C(=O)[C@@H](CCCCCCC(=O)O)C1=O. The van der Waals surface area contributed by atoms with Crippen molar-refractivity contribution in [2.75, 3.05) is 7.11 Å². The van der Waals surface area contributed by atoms with Crippen molar-refractivity contribution in [1.82, 2.24) is 0 Å². The van der Waals surface area contributed by atoms with Crippen LogP contribution in [0, 0.1) is 11.8 Å². The Balaban J connectivity index is 2.54. The number of Topliss-reactive ketones (excluding diaryl/α,β-unsaturated/α-hetero) is 4. The van der Waals surface area contributed by atoms with Gasteiger partial charge in [0.1, 0.15) is 0 Å². The molecule has 0 unspecified atom stereocenters. The summed E-state index contributed by atoms with van der Waals surface area (Å²) in [5, 5.41) is 8.49. The van der Waals surface area contributed by atoms with E-state index in [-0.39, 0.29) is 12.8 Å². The molecule has 0 aliphatic heterocycles. The van der Waals surface area contributed by atoms with Gasteiger partial charge in [0.25, 0.3) is 5.78 Å². The molecule has 1 rings (SSSR count). The average Bonchev–Trinajstić information content (AvgIpc) is 2.72.